The lowest BCUT2D eigenvalue weighted by Crippen LogP contribution is -2.49. The van der Waals surface area contributed by atoms with Crippen LogP contribution in [0.3, 0.4) is 0 Å². The normalized spacial score (nSPS) is 17.9. The predicted octanol–water partition coefficient (Wildman–Crippen LogP) is 2.40. The Morgan fingerprint density at radius 1 is 1.46 bits per heavy atom. The topological polar surface area (TPSA) is 96.5 Å². The second kappa shape index (κ2) is 6.74. The fourth-order valence-electron chi connectivity index (χ4n) is 2.41. The number of nitriles is 1. The van der Waals surface area contributed by atoms with Gasteiger partial charge in [-0.15, -0.1) is 0 Å². The number of likely N-dealkylation sites (tertiary alicyclic amines) is 1. The second-order valence-electron chi connectivity index (χ2n) is 5.18. The minimum Gasteiger partial charge on any atom is -0.482 e. The van der Waals surface area contributed by atoms with Crippen LogP contribution in [0, 0.1) is 21.4 Å². The number of carbonyl (C=O) groups excluding carboxylic acids is 1. The number of carbonyl (C=O) groups is 1. The van der Waals surface area contributed by atoms with Gasteiger partial charge in [0.25, 0.3) is 0 Å². The average molecular weight is 343 g/mol. The van der Waals surface area contributed by atoms with Gasteiger partial charge in [-0.25, -0.2) is 0 Å². The summed E-state index contributed by atoms with van der Waals surface area (Å²) >= 11 is 0. The zero-order valence-electron chi connectivity index (χ0n) is 12.2. The summed E-state index contributed by atoms with van der Waals surface area (Å²) in [5, 5.41) is 19.8. The Bertz CT molecular complexity index is 699. The standard InChI is InChI=1S/C14H12F3N3O4/c15-14(16,17)13(21)19-5-1-2-10(8-19)24-12-6-9(7-18)3-4-11(12)20(22)23/h3-4,6,10H,1-2,5,8H2. The number of alkyl halides is 3. The predicted molar refractivity (Wildman–Crippen MR) is 74.1 cm³/mol. The molecule has 0 N–H and O–H groups in total. The van der Waals surface area contributed by atoms with Crippen LogP contribution in [-0.4, -0.2) is 41.1 Å². The number of ether oxygens (including phenoxy) is 1. The van der Waals surface area contributed by atoms with Crippen LogP contribution in [0.2, 0.25) is 0 Å². The zero-order valence-corrected chi connectivity index (χ0v) is 12.2. The van der Waals surface area contributed by atoms with Crippen LogP contribution in [0.15, 0.2) is 18.2 Å². The summed E-state index contributed by atoms with van der Waals surface area (Å²) in [6.07, 6.45) is -5.18. The maximum Gasteiger partial charge on any atom is 0.471 e. The third-order valence-corrected chi connectivity index (χ3v) is 3.49. The van der Waals surface area contributed by atoms with Crippen molar-refractivity contribution in [3.05, 3.63) is 33.9 Å². The number of rotatable bonds is 3. The van der Waals surface area contributed by atoms with Crippen LogP contribution < -0.4 is 4.74 Å². The maximum absolute atomic E-state index is 12.5. The SMILES string of the molecule is N#Cc1ccc([N+](=O)[O-])c(OC2CCCN(C(=O)C(F)(F)F)C2)c1. The lowest BCUT2D eigenvalue weighted by Gasteiger charge is -2.33. The fraction of sp³-hybridized carbons (Fsp3) is 0.429. The molecule has 1 saturated heterocycles. The summed E-state index contributed by atoms with van der Waals surface area (Å²) in [6.45, 7) is -0.384. The minimum atomic E-state index is -4.98. The van der Waals surface area contributed by atoms with Crippen molar-refractivity contribution in [3.8, 4) is 11.8 Å². The second-order valence-corrected chi connectivity index (χ2v) is 5.18. The molecule has 7 nitrogen and oxygen atoms in total. The molecule has 0 bridgehead atoms. The van der Waals surface area contributed by atoms with Crippen LogP contribution in [0.4, 0.5) is 18.9 Å². The van der Waals surface area contributed by atoms with Crippen LogP contribution in [-0.2, 0) is 4.79 Å². The lowest BCUT2D eigenvalue weighted by molar-refractivity contribution is -0.386. The minimum absolute atomic E-state index is 0.0570. The Morgan fingerprint density at radius 3 is 2.75 bits per heavy atom. The van der Waals surface area contributed by atoms with Gasteiger partial charge in [-0.1, -0.05) is 0 Å². The number of nitro benzene ring substituents is 1. The van der Waals surface area contributed by atoms with Gasteiger partial charge in [-0.05, 0) is 18.9 Å². The van der Waals surface area contributed by atoms with E-state index >= 15 is 0 Å². The number of benzene rings is 1. The molecule has 0 saturated carbocycles. The van der Waals surface area contributed by atoms with Crippen LogP contribution in [0.5, 0.6) is 5.75 Å². The summed E-state index contributed by atoms with van der Waals surface area (Å²) < 4.78 is 42.9. The van der Waals surface area contributed by atoms with E-state index in [1.54, 1.807) is 6.07 Å². The fourth-order valence-corrected chi connectivity index (χ4v) is 2.41. The van der Waals surface area contributed by atoms with Crippen molar-refractivity contribution in [2.75, 3.05) is 13.1 Å². The molecule has 1 aromatic rings. The average Bonchev–Trinajstić information content (AvgIpc) is 2.53. The third-order valence-electron chi connectivity index (χ3n) is 3.49. The molecule has 1 fully saturated rings. The van der Waals surface area contributed by atoms with E-state index in [1.165, 1.54) is 6.07 Å². The first-order valence-electron chi connectivity index (χ1n) is 6.93. The van der Waals surface area contributed by atoms with E-state index in [1.807, 2.05) is 0 Å². The van der Waals surface area contributed by atoms with Crippen molar-refractivity contribution in [3.63, 3.8) is 0 Å². The highest BCUT2D eigenvalue weighted by atomic mass is 19.4. The lowest BCUT2D eigenvalue weighted by atomic mass is 10.1. The Balaban J connectivity index is 2.18. The molecule has 1 aromatic carbocycles. The summed E-state index contributed by atoms with van der Waals surface area (Å²) in [5.74, 6) is -2.17. The van der Waals surface area contributed by atoms with Crippen molar-refractivity contribution in [2.45, 2.75) is 25.1 Å². The largest absolute Gasteiger partial charge is 0.482 e. The van der Waals surface area contributed by atoms with E-state index in [9.17, 15) is 28.1 Å². The van der Waals surface area contributed by atoms with E-state index in [4.69, 9.17) is 10.00 Å². The number of halogens is 3. The van der Waals surface area contributed by atoms with Crippen LogP contribution in [0.1, 0.15) is 18.4 Å². The molecule has 1 amide bonds. The van der Waals surface area contributed by atoms with Gasteiger partial charge < -0.3 is 9.64 Å². The van der Waals surface area contributed by atoms with Gasteiger partial charge in [-0.2, -0.15) is 18.4 Å². The van der Waals surface area contributed by atoms with Crippen molar-refractivity contribution >= 4 is 11.6 Å². The first kappa shape index (κ1) is 17.5. The van der Waals surface area contributed by atoms with Crippen molar-refractivity contribution in [2.24, 2.45) is 0 Å². The quantitative estimate of drug-likeness (QED) is 0.620. The molecule has 0 radical (unpaired) electrons. The van der Waals surface area contributed by atoms with Crippen molar-refractivity contribution in [1.29, 1.82) is 5.26 Å². The number of hydrogen-bond acceptors (Lipinski definition) is 5. The number of nitrogens with zero attached hydrogens (tertiary/aromatic N) is 3. The molecule has 24 heavy (non-hydrogen) atoms. The molecule has 1 heterocycles. The maximum atomic E-state index is 12.5. The number of amides is 1. The van der Waals surface area contributed by atoms with Gasteiger partial charge in [0.2, 0.25) is 0 Å². The molecule has 1 unspecified atom stereocenters. The van der Waals surface area contributed by atoms with Gasteiger partial charge in [0.15, 0.2) is 5.75 Å². The molecule has 0 aromatic heterocycles. The van der Waals surface area contributed by atoms with Gasteiger partial charge in [0, 0.05) is 18.7 Å². The molecular weight excluding hydrogens is 331 g/mol. The molecule has 1 aliphatic heterocycles. The molecule has 0 aliphatic carbocycles. The highest BCUT2D eigenvalue weighted by Gasteiger charge is 2.44. The molecule has 10 heteroatoms. The number of piperidine rings is 1. The third kappa shape index (κ3) is 3.92. The molecule has 0 spiro atoms. The summed E-state index contributed by atoms with van der Waals surface area (Å²) in [4.78, 5) is 22.2. The van der Waals surface area contributed by atoms with E-state index in [2.05, 4.69) is 0 Å². The summed E-state index contributed by atoms with van der Waals surface area (Å²) in [6, 6.07) is 5.29. The Labute approximate surface area is 134 Å². The Morgan fingerprint density at radius 2 is 2.17 bits per heavy atom. The van der Waals surface area contributed by atoms with Crippen LogP contribution >= 0.6 is 0 Å². The first-order chi connectivity index (χ1) is 11.2. The first-order valence-corrected chi connectivity index (χ1v) is 6.93. The van der Waals surface area contributed by atoms with Crippen molar-refractivity contribution in [1.82, 2.24) is 4.90 Å². The van der Waals surface area contributed by atoms with Crippen molar-refractivity contribution < 1.29 is 27.6 Å². The van der Waals surface area contributed by atoms with Gasteiger partial charge in [0.05, 0.1) is 23.1 Å². The summed E-state index contributed by atoms with van der Waals surface area (Å²) in [5.41, 5.74) is -0.275. The Hall–Kier alpha value is -2.83. The van der Waals surface area contributed by atoms with E-state index < -0.39 is 28.8 Å². The van der Waals surface area contributed by atoms with Crippen LogP contribution in [0.25, 0.3) is 0 Å². The smallest absolute Gasteiger partial charge is 0.471 e. The van der Waals surface area contributed by atoms with Gasteiger partial charge in [0.1, 0.15) is 6.10 Å². The Kier molecular flexibility index (Phi) is 4.92. The molecule has 1 aliphatic rings. The molecule has 2 rings (SSSR count). The zero-order chi connectivity index (χ0) is 17.9. The van der Waals surface area contributed by atoms with E-state index in [0.717, 1.165) is 12.1 Å². The summed E-state index contributed by atoms with van der Waals surface area (Å²) in [7, 11) is 0. The highest BCUT2D eigenvalue weighted by Crippen LogP contribution is 2.31. The van der Waals surface area contributed by atoms with Gasteiger partial charge >= 0.3 is 17.8 Å². The van der Waals surface area contributed by atoms with Gasteiger partial charge in [-0.3, -0.25) is 14.9 Å². The number of nitro groups is 1. The van der Waals surface area contributed by atoms with E-state index in [-0.39, 0.29) is 30.8 Å². The highest BCUT2D eigenvalue weighted by molar-refractivity contribution is 5.82. The molecular formula is C14H12F3N3O4. The molecule has 1 atom stereocenters. The number of hydrogen-bond donors (Lipinski definition) is 0. The monoisotopic (exact) mass is 343 g/mol. The van der Waals surface area contributed by atoms with E-state index in [0.29, 0.717) is 11.3 Å². The molecule has 128 valence electrons.